The van der Waals surface area contributed by atoms with Gasteiger partial charge in [0.1, 0.15) is 0 Å². The van der Waals surface area contributed by atoms with Crippen molar-refractivity contribution in [1.29, 1.82) is 0 Å². The fourth-order valence-corrected chi connectivity index (χ4v) is 1.28. The van der Waals surface area contributed by atoms with Gasteiger partial charge in [-0.25, -0.2) is 4.79 Å². The largest absolute Gasteiger partial charge is 0.373 e. The maximum Gasteiger partial charge on any atom is 0.373 e. The predicted molar refractivity (Wildman–Crippen MR) is 61.0 cm³/mol. The van der Waals surface area contributed by atoms with Crippen molar-refractivity contribution in [1.82, 2.24) is 0 Å². The third kappa shape index (κ3) is 4.01. The Labute approximate surface area is 97.4 Å². The summed E-state index contributed by atoms with van der Waals surface area (Å²) in [5, 5.41) is 0.828. The maximum absolute atomic E-state index is 11.5. The van der Waals surface area contributed by atoms with Crippen molar-refractivity contribution < 1.29 is 14.6 Å². The summed E-state index contributed by atoms with van der Waals surface area (Å²) in [7, 11) is 0. The Morgan fingerprint density at radius 3 is 2.80 bits per heavy atom. The molecular formula is C11H13BrO3. The number of rotatable bonds is 5. The molecule has 0 saturated heterocycles. The molecule has 15 heavy (non-hydrogen) atoms. The summed E-state index contributed by atoms with van der Waals surface area (Å²) in [6.45, 7) is 2.26. The quantitative estimate of drug-likeness (QED) is 0.358. The number of aryl methyl sites for hydroxylation is 1. The molecule has 0 saturated carbocycles. The van der Waals surface area contributed by atoms with Gasteiger partial charge in [-0.15, -0.1) is 0 Å². The summed E-state index contributed by atoms with van der Waals surface area (Å²) in [5.74, 6) is -0.442. The zero-order valence-corrected chi connectivity index (χ0v) is 10.1. The van der Waals surface area contributed by atoms with E-state index >= 15 is 0 Å². The standard InChI is InChI=1S/C11H13BrO3/c1-9-5-2-3-6-10(9)11(13)15-14-8-4-7-12/h2-3,5-6H,4,7-8H2,1H3. The normalized spacial score (nSPS) is 10.0. The molecule has 0 spiro atoms. The monoisotopic (exact) mass is 272 g/mol. The highest BCUT2D eigenvalue weighted by Gasteiger charge is 2.10. The predicted octanol–water partition coefficient (Wildman–Crippen LogP) is 2.87. The van der Waals surface area contributed by atoms with Crippen LogP contribution in [0.3, 0.4) is 0 Å². The van der Waals surface area contributed by atoms with E-state index in [2.05, 4.69) is 20.8 Å². The van der Waals surface area contributed by atoms with Gasteiger partial charge < -0.3 is 0 Å². The minimum Gasteiger partial charge on any atom is -0.293 e. The van der Waals surface area contributed by atoms with E-state index in [1.165, 1.54) is 0 Å². The molecular weight excluding hydrogens is 260 g/mol. The van der Waals surface area contributed by atoms with Gasteiger partial charge in [0.05, 0.1) is 12.2 Å². The molecule has 0 unspecified atom stereocenters. The lowest BCUT2D eigenvalue weighted by atomic mass is 10.1. The molecule has 0 heterocycles. The van der Waals surface area contributed by atoms with Gasteiger partial charge >= 0.3 is 5.97 Å². The van der Waals surface area contributed by atoms with E-state index in [0.717, 1.165) is 17.3 Å². The first-order valence-corrected chi connectivity index (χ1v) is 5.83. The highest BCUT2D eigenvalue weighted by molar-refractivity contribution is 9.09. The van der Waals surface area contributed by atoms with E-state index < -0.39 is 5.97 Å². The van der Waals surface area contributed by atoms with Crippen LogP contribution in [0.5, 0.6) is 0 Å². The van der Waals surface area contributed by atoms with Gasteiger partial charge in [0.2, 0.25) is 0 Å². The molecule has 0 aromatic heterocycles. The van der Waals surface area contributed by atoms with Gasteiger partial charge in [-0.2, -0.15) is 4.89 Å². The van der Waals surface area contributed by atoms with Crippen LogP contribution in [0.4, 0.5) is 0 Å². The first-order valence-electron chi connectivity index (χ1n) is 4.71. The summed E-state index contributed by atoms with van der Waals surface area (Å²) in [4.78, 5) is 20.9. The Kier molecular flexibility index (Phi) is 5.36. The third-order valence-electron chi connectivity index (χ3n) is 1.86. The van der Waals surface area contributed by atoms with Crippen molar-refractivity contribution in [2.75, 3.05) is 11.9 Å². The van der Waals surface area contributed by atoms with Crippen molar-refractivity contribution in [3.05, 3.63) is 35.4 Å². The average molecular weight is 273 g/mol. The van der Waals surface area contributed by atoms with E-state index in [-0.39, 0.29) is 0 Å². The van der Waals surface area contributed by atoms with Gasteiger partial charge in [0, 0.05) is 5.33 Å². The van der Waals surface area contributed by atoms with Crippen molar-refractivity contribution in [3.8, 4) is 0 Å². The molecule has 1 aromatic carbocycles. The Morgan fingerprint density at radius 2 is 2.13 bits per heavy atom. The lowest BCUT2D eigenvalue weighted by Crippen LogP contribution is -2.08. The third-order valence-corrected chi connectivity index (χ3v) is 2.42. The number of halogens is 1. The molecule has 0 aliphatic carbocycles. The maximum atomic E-state index is 11.5. The molecule has 1 rings (SSSR count). The molecule has 0 fully saturated rings. The van der Waals surface area contributed by atoms with Crippen LogP contribution in [0, 0.1) is 6.92 Å². The van der Waals surface area contributed by atoms with Crippen LogP contribution < -0.4 is 0 Å². The Balaban J connectivity index is 2.44. The molecule has 82 valence electrons. The fraction of sp³-hybridized carbons (Fsp3) is 0.364. The summed E-state index contributed by atoms with van der Waals surface area (Å²) in [6, 6.07) is 7.24. The molecule has 0 atom stereocenters. The SMILES string of the molecule is Cc1ccccc1C(=O)OOCCCBr. The van der Waals surface area contributed by atoms with Crippen molar-refractivity contribution >= 4 is 21.9 Å². The Morgan fingerprint density at radius 1 is 1.40 bits per heavy atom. The van der Waals surface area contributed by atoms with Crippen molar-refractivity contribution in [2.24, 2.45) is 0 Å². The van der Waals surface area contributed by atoms with Gasteiger partial charge in [-0.05, 0) is 25.0 Å². The summed E-state index contributed by atoms with van der Waals surface area (Å²) < 4.78 is 0. The van der Waals surface area contributed by atoms with E-state index in [4.69, 9.17) is 4.89 Å². The van der Waals surface area contributed by atoms with Crippen LogP contribution in [-0.4, -0.2) is 17.9 Å². The second-order valence-corrected chi connectivity index (χ2v) is 3.84. The lowest BCUT2D eigenvalue weighted by molar-refractivity contribution is -0.240. The van der Waals surface area contributed by atoms with Crippen LogP contribution in [0.1, 0.15) is 22.3 Å². The van der Waals surface area contributed by atoms with E-state index in [9.17, 15) is 4.79 Å². The molecule has 1 aromatic rings. The van der Waals surface area contributed by atoms with Crippen molar-refractivity contribution in [2.45, 2.75) is 13.3 Å². The topological polar surface area (TPSA) is 35.5 Å². The zero-order valence-electron chi connectivity index (χ0n) is 8.53. The van der Waals surface area contributed by atoms with Crippen LogP contribution in [0.25, 0.3) is 0 Å². The highest BCUT2D eigenvalue weighted by atomic mass is 79.9. The second kappa shape index (κ2) is 6.58. The number of hydrogen-bond acceptors (Lipinski definition) is 3. The first-order chi connectivity index (χ1) is 7.25. The number of benzene rings is 1. The molecule has 0 N–H and O–H groups in total. The minimum atomic E-state index is -0.442. The fourth-order valence-electron chi connectivity index (χ4n) is 1.06. The second-order valence-electron chi connectivity index (χ2n) is 3.05. The Hall–Kier alpha value is -0.870. The molecule has 3 nitrogen and oxygen atoms in total. The number of carbonyl (C=O) groups is 1. The van der Waals surface area contributed by atoms with Crippen LogP contribution in [0.2, 0.25) is 0 Å². The van der Waals surface area contributed by atoms with E-state index in [1.54, 1.807) is 12.1 Å². The van der Waals surface area contributed by atoms with Crippen LogP contribution in [0.15, 0.2) is 24.3 Å². The van der Waals surface area contributed by atoms with Gasteiger partial charge in [-0.1, -0.05) is 34.1 Å². The first kappa shape index (κ1) is 12.2. The molecule has 0 aliphatic heterocycles. The smallest absolute Gasteiger partial charge is 0.293 e. The highest BCUT2D eigenvalue weighted by Crippen LogP contribution is 2.08. The number of hydrogen-bond donors (Lipinski definition) is 0. The molecule has 0 aliphatic rings. The molecule has 0 bridgehead atoms. The average Bonchev–Trinajstić information content (AvgIpc) is 2.25. The van der Waals surface area contributed by atoms with Gasteiger partial charge in [0.25, 0.3) is 0 Å². The molecule has 0 amide bonds. The van der Waals surface area contributed by atoms with Crippen LogP contribution >= 0.6 is 15.9 Å². The summed E-state index contributed by atoms with van der Waals surface area (Å²) in [6.07, 6.45) is 0.807. The van der Waals surface area contributed by atoms with Gasteiger partial charge in [0.15, 0.2) is 0 Å². The number of alkyl halides is 1. The number of carbonyl (C=O) groups excluding carboxylic acids is 1. The lowest BCUT2D eigenvalue weighted by Gasteiger charge is -2.04. The van der Waals surface area contributed by atoms with E-state index in [1.807, 2.05) is 19.1 Å². The Bertz CT molecular complexity index is 325. The molecule has 4 heteroatoms. The van der Waals surface area contributed by atoms with Crippen molar-refractivity contribution in [3.63, 3.8) is 0 Å². The van der Waals surface area contributed by atoms with Gasteiger partial charge in [-0.3, -0.25) is 4.89 Å². The minimum absolute atomic E-state index is 0.406. The summed E-state index contributed by atoms with van der Waals surface area (Å²) in [5.41, 5.74) is 1.42. The summed E-state index contributed by atoms with van der Waals surface area (Å²) >= 11 is 3.25. The zero-order chi connectivity index (χ0) is 11.1. The van der Waals surface area contributed by atoms with Crippen LogP contribution in [-0.2, 0) is 9.78 Å². The van der Waals surface area contributed by atoms with E-state index in [0.29, 0.717) is 12.2 Å². The molecule has 0 radical (unpaired) electrons.